The molecule has 1 fully saturated rings. The molecule has 8 heteroatoms. The monoisotopic (exact) mass is 365 g/mol. The van der Waals surface area contributed by atoms with Gasteiger partial charge in [0.1, 0.15) is 0 Å². The Balaban J connectivity index is 1.42. The van der Waals surface area contributed by atoms with Crippen molar-refractivity contribution >= 4 is 11.6 Å². The molecule has 1 saturated heterocycles. The van der Waals surface area contributed by atoms with Crippen LogP contribution in [0.5, 0.6) is 0 Å². The summed E-state index contributed by atoms with van der Waals surface area (Å²) in [5.41, 5.74) is 1.81. The van der Waals surface area contributed by atoms with Crippen molar-refractivity contribution in [3.05, 3.63) is 64.7 Å². The van der Waals surface area contributed by atoms with Crippen LogP contribution in [-0.2, 0) is 7.05 Å². The van der Waals surface area contributed by atoms with Crippen LogP contribution in [0, 0.1) is 0 Å². The second-order valence-corrected chi connectivity index (χ2v) is 6.40. The predicted octanol–water partition coefficient (Wildman–Crippen LogP) is 1.40. The molecule has 27 heavy (non-hydrogen) atoms. The van der Waals surface area contributed by atoms with Gasteiger partial charge in [-0.3, -0.25) is 9.59 Å². The van der Waals surface area contributed by atoms with E-state index in [-0.39, 0.29) is 11.5 Å². The number of amides is 1. The number of aromatic nitrogens is 3. The molecule has 0 aliphatic carbocycles. The topological polar surface area (TPSA) is 84.5 Å². The highest BCUT2D eigenvalue weighted by Gasteiger charge is 2.25. The van der Waals surface area contributed by atoms with Crippen molar-refractivity contribution in [2.24, 2.45) is 7.05 Å². The molecule has 8 nitrogen and oxygen atoms in total. The number of nitrogens with zero attached hydrogens (tertiary/aromatic N) is 5. The molecule has 0 radical (unpaired) electrons. The van der Waals surface area contributed by atoms with Crippen LogP contribution in [0.4, 0.5) is 5.69 Å². The number of carbonyl (C=O) groups is 1. The lowest BCUT2D eigenvalue weighted by molar-refractivity contribution is 0.0736. The summed E-state index contributed by atoms with van der Waals surface area (Å²) in [6.07, 6.45) is 1.67. The first kappa shape index (κ1) is 17.0. The molecule has 0 bridgehead atoms. The lowest BCUT2D eigenvalue weighted by Gasteiger charge is -2.35. The third-order valence-corrected chi connectivity index (χ3v) is 4.67. The van der Waals surface area contributed by atoms with E-state index in [0.29, 0.717) is 37.6 Å². The van der Waals surface area contributed by atoms with Crippen LogP contribution in [0.1, 0.15) is 10.5 Å². The standard InChI is InChI=1S/C19H19N5O3/c1-22-18(25)11-15(13-20-22)23-7-9-24(10-8-23)19(26)16-12-17(27-21-16)14-5-3-2-4-6-14/h2-6,11-13H,7-10H2,1H3. The van der Waals surface area contributed by atoms with Gasteiger partial charge in [0.25, 0.3) is 11.5 Å². The van der Waals surface area contributed by atoms with E-state index in [2.05, 4.69) is 15.2 Å². The van der Waals surface area contributed by atoms with Crippen LogP contribution >= 0.6 is 0 Å². The number of hydrogen-bond donors (Lipinski definition) is 0. The molecule has 0 N–H and O–H groups in total. The normalized spacial score (nSPS) is 14.4. The van der Waals surface area contributed by atoms with Crippen molar-refractivity contribution in [2.45, 2.75) is 0 Å². The summed E-state index contributed by atoms with van der Waals surface area (Å²) in [7, 11) is 1.62. The van der Waals surface area contributed by atoms with Crippen LogP contribution < -0.4 is 10.5 Å². The molecule has 3 aromatic rings. The molecular weight excluding hydrogens is 346 g/mol. The molecule has 1 aromatic carbocycles. The highest BCUT2D eigenvalue weighted by molar-refractivity contribution is 5.93. The fraction of sp³-hybridized carbons (Fsp3) is 0.263. The number of aryl methyl sites for hydroxylation is 1. The van der Waals surface area contributed by atoms with E-state index in [4.69, 9.17) is 4.52 Å². The van der Waals surface area contributed by atoms with Crippen molar-refractivity contribution in [3.63, 3.8) is 0 Å². The second-order valence-electron chi connectivity index (χ2n) is 6.40. The van der Waals surface area contributed by atoms with Gasteiger partial charge in [0.15, 0.2) is 11.5 Å². The Hall–Kier alpha value is -3.42. The Morgan fingerprint density at radius 1 is 1.07 bits per heavy atom. The molecule has 138 valence electrons. The summed E-state index contributed by atoms with van der Waals surface area (Å²) in [4.78, 5) is 28.3. The van der Waals surface area contributed by atoms with Crippen LogP contribution in [0.15, 0.2) is 58.0 Å². The minimum absolute atomic E-state index is 0.150. The molecule has 1 amide bonds. The number of piperazine rings is 1. The smallest absolute Gasteiger partial charge is 0.276 e. The van der Waals surface area contributed by atoms with Gasteiger partial charge in [0.2, 0.25) is 0 Å². The van der Waals surface area contributed by atoms with Crippen LogP contribution in [-0.4, -0.2) is 51.9 Å². The Bertz CT molecular complexity index is 1000. The average Bonchev–Trinajstić information content (AvgIpc) is 3.21. The fourth-order valence-corrected chi connectivity index (χ4v) is 3.08. The largest absolute Gasteiger partial charge is 0.367 e. The van der Waals surface area contributed by atoms with E-state index < -0.39 is 0 Å². The summed E-state index contributed by atoms with van der Waals surface area (Å²) in [5, 5.41) is 7.98. The van der Waals surface area contributed by atoms with Crippen molar-refractivity contribution in [3.8, 4) is 11.3 Å². The number of rotatable bonds is 3. The first-order valence-electron chi connectivity index (χ1n) is 8.71. The minimum atomic E-state index is -0.151. The first-order chi connectivity index (χ1) is 13.1. The number of anilines is 1. The maximum Gasteiger partial charge on any atom is 0.276 e. The molecule has 3 heterocycles. The Labute approximate surface area is 155 Å². The third kappa shape index (κ3) is 3.46. The summed E-state index contributed by atoms with van der Waals surface area (Å²) in [6.45, 7) is 2.34. The maximum absolute atomic E-state index is 12.7. The third-order valence-electron chi connectivity index (χ3n) is 4.67. The highest BCUT2D eigenvalue weighted by Crippen LogP contribution is 2.21. The average molecular weight is 365 g/mol. The number of carbonyl (C=O) groups excluding carboxylic acids is 1. The Morgan fingerprint density at radius 2 is 1.81 bits per heavy atom. The van der Waals surface area contributed by atoms with Gasteiger partial charge in [-0.15, -0.1) is 0 Å². The van der Waals surface area contributed by atoms with Gasteiger partial charge in [-0.25, -0.2) is 4.68 Å². The van der Waals surface area contributed by atoms with Crippen LogP contribution in [0.25, 0.3) is 11.3 Å². The summed E-state index contributed by atoms with van der Waals surface area (Å²) < 4.78 is 6.61. The summed E-state index contributed by atoms with van der Waals surface area (Å²) >= 11 is 0. The Kier molecular flexibility index (Phi) is 4.45. The van der Waals surface area contributed by atoms with Gasteiger partial charge in [-0.2, -0.15) is 5.10 Å². The van der Waals surface area contributed by atoms with Crippen molar-refractivity contribution < 1.29 is 9.32 Å². The SMILES string of the molecule is Cn1ncc(N2CCN(C(=O)c3cc(-c4ccccc4)on3)CC2)cc1=O. The Morgan fingerprint density at radius 3 is 2.52 bits per heavy atom. The van der Waals surface area contributed by atoms with Gasteiger partial charge in [0, 0.05) is 50.9 Å². The number of hydrogen-bond acceptors (Lipinski definition) is 6. The van der Waals surface area contributed by atoms with Crippen LogP contribution in [0.3, 0.4) is 0 Å². The van der Waals surface area contributed by atoms with Gasteiger partial charge >= 0.3 is 0 Å². The van der Waals surface area contributed by atoms with Gasteiger partial charge in [0.05, 0.1) is 11.9 Å². The molecule has 0 spiro atoms. The molecular formula is C19H19N5O3. The van der Waals surface area contributed by atoms with Crippen molar-refractivity contribution in [1.29, 1.82) is 0 Å². The summed E-state index contributed by atoms with van der Waals surface area (Å²) in [6, 6.07) is 12.8. The molecule has 0 atom stereocenters. The van der Waals surface area contributed by atoms with Crippen LogP contribution in [0.2, 0.25) is 0 Å². The van der Waals surface area contributed by atoms with Gasteiger partial charge in [-0.05, 0) is 0 Å². The zero-order valence-corrected chi connectivity index (χ0v) is 14.9. The lowest BCUT2D eigenvalue weighted by atomic mass is 10.1. The number of benzene rings is 1. The van der Waals surface area contributed by atoms with E-state index in [1.54, 1.807) is 30.3 Å². The second kappa shape index (κ2) is 7.06. The van der Waals surface area contributed by atoms with Crippen molar-refractivity contribution in [2.75, 3.05) is 31.1 Å². The quantitative estimate of drug-likeness (QED) is 0.698. The van der Waals surface area contributed by atoms with E-state index in [1.165, 1.54) is 4.68 Å². The molecule has 0 saturated carbocycles. The van der Waals surface area contributed by atoms with Crippen molar-refractivity contribution in [1.82, 2.24) is 19.8 Å². The fourth-order valence-electron chi connectivity index (χ4n) is 3.08. The summed E-state index contributed by atoms with van der Waals surface area (Å²) in [5.74, 6) is 0.423. The van der Waals surface area contributed by atoms with E-state index >= 15 is 0 Å². The van der Waals surface area contributed by atoms with E-state index in [1.807, 2.05) is 30.3 Å². The molecule has 4 rings (SSSR count). The minimum Gasteiger partial charge on any atom is -0.367 e. The lowest BCUT2D eigenvalue weighted by Crippen LogP contribution is -2.49. The van der Waals surface area contributed by atoms with E-state index in [0.717, 1.165) is 11.3 Å². The predicted molar refractivity (Wildman–Crippen MR) is 99.5 cm³/mol. The zero-order chi connectivity index (χ0) is 18.8. The zero-order valence-electron chi connectivity index (χ0n) is 14.9. The highest BCUT2D eigenvalue weighted by atomic mass is 16.5. The maximum atomic E-state index is 12.7. The van der Waals surface area contributed by atoms with Gasteiger partial charge < -0.3 is 14.3 Å². The van der Waals surface area contributed by atoms with Gasteiger partial charge in [-0.1, -0.05) is 35.5 Å². The molecule has 2 aromatic heterocycles. The molecule has 1 aliphatic rings. The molecule has 1 aliphatic heterocycles. The van der Waals surface area contributed by atoms with E-state index in [9.17, 15) is 9.59 Å². The molecule has 0 unspecified atom stereocenters. The first-order valence-corrected chi connectivity index (χ1v) is 8.71.